The zero-order chi connectivity index (χ0) is 15.3. The van der Waals surface area contributed by atoms with Gasteiger partial charge in [0, 0.05) is 0 Å². The quantitative estimate of drug-likeness (QED) is 0.700. The van der Waals surface area contributed by atoms with E-state index in [-0.39, 0.29) is 12.2 Å². The van der Waals surface area contributed by atoms with Gasteiger partial charge in [-0.15, -0.1) is 0 Å². The summed E-state index contributed by atoms with van der Waals surface area (Å²) in [6.45, 7) is 0.641. The lowest BCUT2D eigenvalue weighted by atomic mass is 10.1. The lowest BCUT2D eigenvalue weighted by molar-refractivity contribution is -0.156. The van der Waals surface area contributed by atoms with Gasteiger partial charge >= 0.3 is 5.97 Å². The summed E-state index contributed by atoms with van der Waals surface area (Å²) in [6, 6.07) is 4.08. The smallest absolute Gasteiger partial charge is 0.337 e. The van der Waals surface area contributed by atoms with Crippen molar-refractivity contribution in [2.75, 3.05) is 13.7 Å². The number of ether oxygens (including phenoxy) is 1. The van der Waals surface area contributed by atoms with Gasteiger partial charge < -0.3 is 20.3 Å². The largest absolute Gasteiger partial charge is 0.494 e. The van der Waals surface area contributed by atoms with E-state index in [1.165, 1.54) is 19.2 Å². The molecule has 1 amide bonds. The first kappa shape index (κ1) is 15.9. The highest BCUT2D eigenvalue weighted by atomic mass is 19.1. The minimum absolute atomic E-state index is 0.0722. The van der Waals surface area contributed by atoms with Crippen molar-refractivity contribution in [1.82, 2.24) is 5.32 Å². The number of carboxylic acids is 1. The number of halogens is 1. The van der Waals surface area contributed by atoms with Crippen LogP contribution in [0.2, 0.25) is 0 Å². The molecular formula is C13H16FNO5. The average Bonchev–Trinajstić information content (AvgIpc) is 2.36. The molecule has 0 fully saturated rings. The van der Waals surface area contributed by atoms with Crippen LogP contribution in [0.25, 0.3) is 0 Å². The topological polar surface area (TPSA) is 95.9 Å². The third kappa shape index (κ3) is 4.20. The Bertz CT molecular complexity index is 515. The molecule has 0 saturated carbocycles. The SMILES string of the molecule is COc1ccc(CC(=O)NCC(C)(O)C(=O)O)cc1F. The van der Waals surface area contributed by atoms with E-state index >= 15 is 0 Å². The molecule has 110 valence electrons. The second kappa shape index (κ2) is 6.33. The zero-order valence-electron chi connectivity index (χ0n) is 11.1. The van der Waals surface area contributed by atoms with Crippen LogP contribution in [0.4, 0.5) is 4.39 Å². The van der Waals surface area contributed by atoms with Crippen LogP contribution in [0.15, 0.2) is 18.2 Å². The Labute approximate surface area is 115 Å². The Morgan fingerprint density at radius 1 is 1.45 bits per heavy atom. The molecule has 0 spiro atoms. The number of aliphatic hydroxyl groups is 1. The number of hydrogen-bond acceptors (Lipinski definition) is 4. The molecule has 1 rings (SSSR count). The van der Waals surface area contributed by atoms with Crippen molar-refractivity contribution in [2.45, 2.75) is 18.9 Å². The maximum absolute atomic E-state index is 13.4. The summed E-state index contributed by atoms with van der Waals surface area (Å²) in [4.78, 5) is 22.2. The molecule has 1 aromatic rings. The molecule has 0 aliphatic heterocycles. The fraction of sp³-hybridized carbons (Fsp3) is 0.385. The van der Waals surface area contributed by atoms with Gasteiger partial charge in [0.2, 0.25) is 5.91 Å². The van der Waals surface area contributed by atoms with Crippen molar-refractivity contribution >= 4 is 11.9 Å². The second-order valence-corrected chi connectivity index (χ2v) is 4.50. The molecule has 0 saturated heterocycles. The number of carboxylic acid groups (broad SMARTS) is 1. The first-order valence-corrected chi connectivity index (χ1v) is 5.81. The molecule has 3 N–H and O–H groups in total. The summed E-state index contributed by atoms with van der Waals surface area (Å²) >= 11 is 0. The molecule has 0 heterocycles. The van der Waals surface area contributed by atoms with Gasteiger partial charge in [0.05, 0.1) is 20.1 Å². The molecule has 0 aliphatic carbocycles. The van der Waals surface area contributed by atoms with Gasteiger partial charge in [-0.2, -0.15) is 0 Å². The predicted octanol–water partition coefficient (Wildman–Crippen LogP) is 0.329. The van der Waals surface area contributed by atoms with Crippen LogP contribution < -0.4 is 10.1 Å². The van der Waals surface area contributed by atoms with Gasteiger partial charge in [0.25, 0.3) is 0 Å². The number of methoxy groups -OCH3 is 1. The van der Waals surface area contributed by atoms with Crippen molar-refractivity contribution in [2.24, 2.45) is 0 Å². The van der Waals surface area contributed by atoms with Crippen LogP contribution in [0, 0.1) is 5.82 Å². The van der Waals surface area contributed by atoms with Crippen molar-refractivity contribution < 1.29 is 28.9 Å². The van der Waals surface area contributed by atoms with E-state index < -0.39 is 29.8 Å². The lowest BCUT2D eigenvalue weighted by Crippen LogP contribution is -2.46. The summed E-state index contributed by atoms with van der Waals surface area (Å²) in [5, 5.41) is 20.4. The predicted molar refractivity (Wildman–Crippen MR) is 67.9 cm³/mol. The van der Waals surface area contributed by atoms with Crippen molar-refractivity contribution in [3.63, 3.8) is 0 Å². The van der Waals surface area contributed by atoms with Gasteiger partial charge in [-0.1, -0.05) is 6.07 Å². The van der Waals surface area contributed by atoms with E-state index in [9.17, 15) is 19.1 Å². The number of rotatable bonds is 6. The van der Waals surface area contributed by atoms with Crippen LogP contribution in [0.5, 0.6) is 5.75 Å². The highest BCUT2D eigenvalue weighted by molar-refractivity contribution is 5.81. The van der Waals surface area contributed by atoms with Crippen LogP contribution in [0.3, 0.4) is 0 Å². The number of carbonyl (C=O) groups excluding carboxylic acids is 1. The second-order valence-electron chi connectivity index (χ2n) is 4.50. The minimum Gasteiger partial charge on any atom is -0.494 e. The van der Waals surface area contributed by atoms with Crippen LogP contribution in [-0.2, 0) is 16.0 Å². The van der Waals surface area contributed by atoms with E-state index in [1.54, 1.807) is 0 Å². The van der Waals surface area contributed by atoms with Gasteiger partial charge in [0.15, 0.2) is 17.2 Å². The molecular weight excluding hydrogens is 269 g/mol. The van der Waals surface area contributed by atoms with Crippen LogP contribution in [0.1, 0.15) is 12.5 Å². The monoisotopic (exact) mass is 285 g/mol. The third-order valence-electron chi connectivity index (χ3n) is 2.67. The summed E-state index contributed by atoms with van der Waals surface area (Å²) in [7, 11) is 1.33. The Hall–Kier alpha value is -2.15. The van der Waals surface area contributed by atoms with Gasteiger partial charge in [-0.05, 0) is 24.6 Å². The number of amides is 1. The number of hydrogen-bond donors (Lipinski definition) is 3. The zero-order valence-corrected chi connectivity index (χ0v) is 11.1. The first-order valence-electron chi connectivity index (χ1n) is 5.81. The van der Waals surface area contributed by atoms with Crippen molar-refractivity contribution in [3.05, 3.63) is 29.6 Å². The van der Waals surface area contributed by atoms with E-state index in [0.29, 0.717) is 5.56 Å². The van der Waals surface area contributed by atoms with E-state index in [1.807, 2.05) is 0 Å². The Kier molecular flexibility index (Phi) is 5.04. The molecule has 7 heteroatoms. The number of carbonyl (C=O) groups is 2. The third-order valence-corrected chi connectivity index (χ3v) is 2.67. The highest BCUT2D eigenvalue weighted by Gasteiger charge is 2.30. The van der Waals surface area contributed by atoms with Gasteiger partial charge in [0.1, 0.15) is 0 Å². The Balaban J connectivity index is 2.59. The standard InChI is InChI=1S/C13H16FNO5/c1-13(19,12(17)18)7-15-11(16)6-8-3-4-10(20-2)9(14)5-8/h3-5,19H,6-7H2,1-2H3,(H,15,16)(H,17,18). The average molecular weight is 285 g/mol. The lowest BCUT2D eigenvalue weighted by Gasteiger charge is -2.18. The van der Waals surface area contributed by atoms with E-state index in [2.05, 4.69) is 5.32 Å². The van der Waals surface area contributed by atoms with Crippen LogP contribution >= 0.6 is 0 Å². The molecule has 0 aliphatic rings. The fourth-order valence-corrected chi connectivity index (χ4v) is 1.41. The molecule has 1 atom stereocenters. The maximum Gasteiger partial charge on any atom is 0.337 e. The van der Waals surface area contributed by atoms with E-state index in [4.69, 9.17) is 9.84 Å². The van der Waals surface area contributed by atoms with Crippen molar-refractivity contribution in [1.29, 1.82) is 0 Å². The Morgan fingerprint density at radius 2 is 2.10 bits per heavy atom. The molecule has 0 radical (unpaired) electrons. The van der Waals surface area contributed by atoms with Crippen molar-refractivity contribution in [3.8, 4) is 5.75 Å². The molecule has 0 aromatic heterocycles. The molecule has 0 bridgehead atoms. The molecule has 20 heavy (non-hydrogen) atoms. The molecule has 1 aromatic carbocycles. The molecule has 1 unspecified atom stereocenters. The highest BCUT2D eigenvalue weighted by Crippen LogP contribution is 2.17. The maximum atomic E-state index is 13.4. The van der Waals surface area contributed by atoms with Gasteiger partial charge in [-0.3, -0.25) is 4.79 Å². The minimum atomic E-state index is -2.04. The Morgan fingerprint density at radius 3 is 2.60 bits per heavy atom. The van der Waals surface area contributed by atoms with Gasteiger partial charge in [-0.25, -0.2) is 9.18 Å². The van der Waals surface area contributed by atoms with E-state index in [0.717, 1.165) is 13.0 Å². The van der Waals surface area contributed by atoms with Crippen LogP contribution in [-0.4, -0.2) is 41.3 Å². The summed E-state index contributed by atoms with van der Waals surface area (Å²) < 4.78 is 18.2. The fourth-order valence-electron chi connectivity index (χ4n) is 1.41. The summed E-state index contributed by atoms with van der Waals surface area (Å²) in [6.07, 6.45) is -0.128. The summed E-state index contributed by atoms with van der Waals surface area (Å²) in [5.41, 5.74) is -1.63. The number of benzene rings is 1. The molecule has 6 nitrogen and oxygen atoms in total. The first-order chi connectivity index (χ1) is 9.26. The number of nitrogens with one attached hydrogen (secondary N) is 1. The normalized spacial score (nSPS) is 13.4. The number of aliphatic carboxylic acids is 1. The summed E-state index contributed by atoms with van der Waals surface area (Å²) in [5.74, 6) is -2.47.